The molecule has 0 aliphatic heterocycles. The summed E-state index contributed by atoms with van der Waals surface area (Å²) in [6.45, 7) is 2.50. The van der Waals surface area contributed by atoms with E-state index in [1.54, 1.807) is 54.9 Å². The standard InChI is InChI=1S/C27H28N6O5/c1-27(25(35)36,32-26(37)38-18-19-8-3-2-4-9-19)31-24(34)20-11-12-22-21(16-20)17-30-33(22)15-7-14-29-23-10-5-6-13-28-23/h2-6,8-13,16-17H,7,14-15,18H2,1H3,(H,28,29)(H,31,34)(H,32,37)(H,35,36). The maximum atomic E-state index is 12.9. The first-order valence-corrected chi connectivity index (χ1v) is 12.0. The zero-order valence-electron chi connectivity index (χ0n) is 20.8. The molecular weight excluding hydrogens is 488 g/mol. The van der Waals surface area contributed by atoms with Crippen molar-refractivity contribution in [2.75, 3.05) is 11.9 Å². The van der Waals surface area contributed by atoms with Gasteiger partial charge < -0.3 is 20.5 Å². The quantitative estimate of drug-likeness (QED) is 0.175. The van der Waals surface area contributed by atoms with Crippen LogP contribution in [0.25, 0.3) is 10.9 Å². The molecule has 0 fully saturated rings. The summed E-state index contributed by atoms with van der Waals surface area (Å²) in [4.78, 5) is 41.3. The van der Waals surface area contributed by atoms with Gasteiger partial charge in [-0.05, 0) is 49.2 Å². The molecule has 0 aliphatic carbocycles. The largest absolute Gasteiger partial charge is 0.478 e. The number of carboxylic acid groups (broad SMARTS) is 1. The molecule has 196 valence electrons. The number of aryl methyl sites for hydroxylation is 1. The highest BCUT2D eigenvalue weighted by Gasteiger charge is 2.37. The van der Waals surface area contributed by atoms with Gasteiger partial charge in [0, 0.05) is 30.2 Å². The van der Waals surface area contributed by atoms with Crippen molar-refractivity contribution >= 4 is 34.7 Å². The van der Waals surface area contributed by atoms with E-state index in [9.17, 15) is 19.5 Å². The number of hydrogen-bond acceptors (Lipinski definition) is 7. The number of pyridine rings is 1. The first-order valence-electron chi connectivity index (χ1n) is 12.0. The van der Waals surface area contributed by atoms with Crippen LogP contribution in [0.5, 0.6) is 0 Å². The number of hydrogen-bond donors (Lipinski definition) is 4. The lowest BCUT2D eigenvalue weighted by atomic mass is 10.1. The Labute approximate surface area is 218 Å². The first-order chi connectivity index (χ1) is 18.3. The number of rotatable bonds is 11. The highest BCUT2D eigenvalue weighted by Crippen LogP contribution is 2.17. The molecule has 2 aromatic carbocycles. The molecule has 4 N–H and O–H groups in total. The SMILES string of the molecule is CC(NC(=O)OCc1ccccc1)(NC(=O)c1ccc2c(cnn2CCCNc2ccccn2)c1)C(=O)O. The second-order valence-corrected chi connectivity index (χ2v) is 8.71. The molecule has 4 aromatic rings. The molecule has 2 amide bonds. The van der Waals surface area contributed by atoms with Gasteiger partial charge in [0.2, 0.25) is 5.66 Å². The van der Waals surface area contributed by atoms with E-state index in [0.29, 0.717) is 13.1 Å². The van der Waals surface area contributed by atoms with Crippen molar-refractivity contribution in [2.24, 2.45) is 0 Å². The molecule has 2 aromatic heterocycles. The van der Waals surface area contributed by atoms with Gasteiger partial charge in [-0.1, -0.05) is 36.4 Å². The van der Waals surface area contributed by atoms with Crippen molar-refractivity contribution in [1.29, 1.82) is 0 Å². The van der Waals surface area contributed by atoms with Gasteiger partial charge in [-0.25, -0.2) is 14.6 Å². The molecule has 38 heavy (non-hydrogen) atoms. The van der Waals surface area contributed by atoms with Crippen LogP contribution in [0.15, 0.2) is 79.1 Å². The zero-order valence-corrected chi connectivity index (χ0v) is 20.8. The number of ether oxygens (including phenoxy) is 1. The minimum absolute atomic E-state index is 0.0455. The molecule has 0 spiro atoms. The van der Waals surface area contributed by atoms with Gasteiger partial charge in [-0.15, -0.1) is 0 Å². The Morgan fingerprint density at radius 2 is 1.82 bits per heavy atom. The van der Waals surface area contributed by atoms with Gasteiger partial charge in [0.05, 0.1) is 11.7 Å². The number of benzene rings is 2. The summed E-state index contributed by atoms with van der Waals surface area (Å²) in [6.07, 6.45) is 3.20. The predicted molar refractivity (Wildman–Crippen MR) is 140 cm³/mol. The number of alkyl carbamates (subject to hydrolysis) is 1. The third-order valence-corrected chi connectivity index (χ3v) is 5.78. The molecular formula is C27H28N6O5. The van der Waals surface area contributed by atoms with Gasteiger partial charge >= 0.3 is 12.1 Å². The fraction of sp³-hybridized carbons (Fsp3) is 0.222. The lowest BCUT2D eigenvalue weighted by molar-refractivity contribution is -0.145. The van der Waals surface area contributed by atoms with Gasteiger partial charge in [0.1, 0.15) is 12.4 Å². The number of carboxylic acids is 1. The first kappa shape index (κ1) is 26.1. The van der Waals surface area contributed by atoms with Gasteiger partial charge in [-0.3, -0.25) is 14.8 Å². The molecule has 4 rings (SSSR count). The van der Waals surface area contributed by atoms with Crippen molar-refractivity contribution in [3.8, 4) is 0 Å². The van der Waals surface area contributed by atoms with E-state index >= 15 is 0 Å². The van der Waals surface area contributed by atoms with Crippen LogP contribution >= 0.6 is 0 Å². The average molecular weight is 517 g/mol. The Kier molecular flexibility index (Phi) is 8.17. The number of fused-ring (bicyclic) bond motifs is 1. The minimum Gasteiger partial charge on any atom is -0.478 e. The Morgan fingerprint density at radius 1 is 1.03 bits per heavy atom. The molecule has 11 nitrogen and oxygen atoms in total. The summed E-state index contributed by atoms with van der Waals surface area (Å²) in [7, 11) is 0. The van der Waals surface area contributed by atoms with Crippen LogP contribution < -0.4 is 16.0 Å². The second kappa shape index (κ2) is 11.9. The van der Waals surface area contributed by atoms with E-state index in [4.69, 9.17) is 4.74 Å². The smallest absolute Gasteiger partial charge is 0.409 e. The van der Waals surface area contributed by atoms with E-state index in [1.807, 2.05) is 28.9 Å². The Bertz CT molecular complexity index is 1410. The van der Waals surface area contributed by atoms with Crippen LogP contribution in [-0.2, 0) is 22.7 Å². The lowest BCUT2D eigenvalue weighted by Crippen LogP contribution is -2.63. The van der Waals surface area contributed by atoms with Crippen LogP contribution in [0.2, 0.25) is 0 Å². The summed E-state index contributed by atoms with van der Waals surface area (Å²) < 4.78 is 6.94. The van der Waals surface area contributed by atoms with Crippen LogP contribution in [0.1, 0.15) is 29.3 Å². The van der Waals surface area contributed by atoms with Gasteiger partial charge in [0.25, 0.3) is 5.91 Å². The minimum atomic E-state index is -2.09. The number of carbonyl (C=O) groups excluding carboxylic acids is 2. The summed E-state index contributed by atoms with van der Waals surface area (Å²) >= 11 is 0. The van der Waals surface area contributed by atoms with E-state index in [1.165, 1.54) is 6.92 Å². The monoisotopic (exact) mass is 516 g/mol. The molecule has 2 heterocycles. The molecule has 0 saturated carbocycles. The molecule has 0 saturated heterocycles. The van der Waals surface area contributed by atoms with Gasteiger partial charge in [-0.2, -0.15) is 5.10 Å². The van der Waals surface area contributed by atoms with Crippen molar-refractivity contribution in [1.82, 2.24) is 25.4 Å². The summed E-state index contributed by atoms with van der Waals surface area (Å²) in [5.74, 6) is -1.32. The van der Waals surface area contributed by atoms with E-state index in [0.717, 1.165) is 28.7 Å². The number of amides is 2. The lowest BCUT2D eigenvalue weighted by Gasteiger charge is -2.27. The highest BCUT2D eigenvalue weighted by molar-refractivity contribution is 6.01. The number of aliphatic carboxylic acids is 1. The average Bonchev–Trinajstić information content (AvgIpc) is 3.33. The normalized spacial score (nSPS) is 12.3. The fourth-order valence-corrected chi connectivity index (χ4v) is 3.72. The molecule has 0 radical (unpaired) electrons. The van der Waals surface area contributed by atoms with E-state index in [-0.39, 0.29) is 12.2 Å². The van der Waals surface area contributed by atoms with Crippen molar-refractivity contribution in [3.05, 3.63) is 90.3 Å². The maximum Gasteiger partial charge on any atom is 0.409 e. The van der Waals surface area contributed by atoms with Crippen LogP contribution in [0.4, 0.5) is 10.6 Å². The number of carbonyl (C=O) groups is 3. The van der Waals surface area contributed by atoms with Crippen molar-refractivity contribution in [2.45, 2.75) is 32.2 Å². The molecule has 1 atom stereocenters. The van der Waals surface area contributed by atoms with Gasteiger partial charge in [0.15, 0.2) is 0 Å². The van der Waals surface area contributed by atoms with Crippen LogP contribution in [0.3, 0.4) is 0 Å². The number of anilines is 1. The van der Waals surface area contributed by atoms with E-state index < -0.39 is 23.6 Å². The topological polar surface area (TPSA) is 147 Å². The maximum absolute atomic E-state index is 12.9. The van der Waals surface area contributed by atoms with Crippen molar-refractivity contribution < 1.29 is 24.2 Å². The summed E-state index contributed by atoms with van der Waals surface area (Å²) in [6, 6.07) is 19.6. The molecule has 0 bridgehead atoms. The number of aromatic nitrogens is 3. The van der Waals surface area contributed by atoms with Crippen LogP contribution in [-0.4, -0.2) is 50.0 Å². The number of nitrogens with zero attached hydrogens (tertiary/aromatic N) is 3. The van der Waals surface area contributed by atoms with Crippen LogP contribution in [0, 0.1) is 0 Å². The number of nitrogens with one attached hydrogen (secondary N) is 3. The third kappa shape index (κ3) is 6.64. The Morgan fingerprint density at radius 3 is 2.55 bits per heavy atom. The van der Waals surface area contributed by atoms with Crippen molar-refractivity contribution in [3.63, 3.8) is 0 Å². The third-order valence-electron chi connectivity index (χ3n) is 5.78. The molecule has 1 unspecified atom stereocenters. The summed E-state index contributed by atoms with van der Waals surface area (Å²) in [5.41, 5.74) is -0.296. The second-order valence-electron chi connectivity index (χ2n) is 8.71. The highest BCUT2D eigenvalue weighted by atomic mass is 16.5. The predicted octanol–water partition coefficient (Wildman–Crippen LogP) is 3.39. The Balaban J connectivity index is 1.35. The van der Waals surface area contributed by atoms with E-state index in [2.05, 4.69) is 26.0 Å². The molecule has 0 aliphatic rings. The summed E-state index contributed by atoms with van der Waals surface area (Å²) in [5, 5.41) is 22.7. The Hall–Kier alpha value is -4.93. The zero-order chi connectivity index (χ0) is 27.0. The molecule has 11 heteroatoms. The fourth-order valence-electron chi connectivity index (χ4n) is 3.72.